The summed E-state index contributed by atoms with van der Waals surface area (Å²) < 4.78 is 34.9. The Bertz CT molecular complexity index is 271. The molecule has 0 aliphatic rings. The van der Waals surface area contributed by atoms with E-state index in [1.807, 2.05) is 0 Å². The van der Waals surface area contributed by atoms with Gasteiger partial charge in [-0.15, -0.1) is 0 Å². The molecule has 0 spiro atoms. The molecule has 0 rings (SSSR count). The first-order valence-corrected chi connectivity index (χ1v) is 4.69. The zero-order valence-electron chi connectivity index (χ0n) is 7.52. The molecule has 0 amide bonds. The van der Waals surface area contributed by atoms with E-state index in [1.54, 1.807) is 0 Å². The maximum Gasteiger partial charge on any atom is 1.00 e. The van der Waals surface area contributed by atoms with Gasteiger partial charge in [0.25, 0.3) is 0 Å². The molecule has 0 fully saturated rings. The van der Waals surface area contributed by atoms with Gasteiger partial charge in [0, 0.05) is 6.08 Å². The Morgan fingerprint density at radius 2 is 2.15 bits per heavy atom. The molecule has 5 nitrogen and oxygen atoms in total. The number of esters is 1. The van der Waals surface area contributed by atoms with Gasteiger partial charge < -0.3 is 9.29 Å². The minimum absolute atomic E-state index is 0. The maximum absolute atomic E-state index is 10.5. The summed E-state index contributed by atoms with van der Waals surface area (Å²) >= 11 is 0. The van der Waals surface area contributed by atoms with E-state index in [1.165, 1.54) is 6.92 Å². The van der Waals surface area contributed by atoms with E-state index in [9.17, 15) is 17.8 Å². The second-order valence-corrected chi connectivity index (χ2v) is 3.62. The average Bonchev–Trinajstić information content (AvgIpc) is 1.82. The number of hydrogen-bond acceptors (Lipinski definition) is 5. The first kappa shape index (κ1) is 15.6. The standard InChI is InChI=1S/C6H10O5S.Na/c1-3-6(7)11-5(2)4-12(8,9)10;/h3,5H,1,4H2,2H3,(H,8,9,10);/q;+1/p-1. The first-order chi connectivity index (χ1) is 5.35. The van der Waals surface area contributed by atoms with Crippen molar-refractivity contribution in [3.05, 3.63) is 12.7 Å². The quantitative estimate of drug-likeness (QED) is 0.212. The largest absolute Gasteiger partial charge is 1.00 e. The molecule has 13 heavy (non-hydrogen) atoms. The molecule has 70 valence electrons. The van der Waals surface area contributed by atoms with Crippen molar-refractivity contribution in [1.82, 2.24) is 0 Å². The zero-order valence-corrected chi connectivity index (χ0v) is 10.3. The van der Waals surface area contributed by atoms with Crippen LogP contribution in [0.4, 0.5) is 0 Å². The summed E-state index contributed by atoms with van der Waals surface area (Å²) in [5.74, 6) is -1.46. The molecular formula is C6H9NaO5S. The summed E-state index contributed by atoms with van der Waals surface area (Å²) in [7, 11) is -4.34. The van der Waals surface area contributed by atoms with Crippen LogP contribution in [0.1, 0.15) is 6.92 Å². The minimum atomic E-state index is -4.34. The molecule has 0 saturated carbocycles. The van der Waals surface area contributed by atoms with Crippen molar-refractivity contribution in [2.24, 2.45) is 0 Å². The van der Waals surface area contributed by atoms with Crippen LogP contribution in [0.15, 0.2) is 12.7 Å². The molecule has 0 aliphatic heterocycles. The maximum atomic E-state index is 10.5. The zero-order chi connectivity index (χ0) is 9.78. The number of hydrogen-bond donors (Lipinski definition) is 0. The summed E-state index contributed by atoms with van der Waals surface area (Å²) in [6.07, 6.45) is -0.0357. The van der Waals surface area contributed by atoms with Gasteiger partial charge in [-0.05, 0) is 6.92 Å². The molecule has 0 heterocycles. The molecule has 0 aromatic rings. The summed E-state index contributed by atoms with van der Waals surface area (Å²) in [6.45, 7) is 4.42. The van der Waals surface area contributed by atoms with Crippen molar-refractivity contribution in [2.45, 2.75) is 13.0 Å². The van der Waals surface area contributed by atoms with Gasteiger partial charge in [0.1, 0.15) is 6.10 Å². The van der Waals surface area contributed by atoms with Gasteiger partial charge in [-0.25, -0.2) is 13.2 Å². The van der Waals surface area contributed by atoms with Crippen molar-refractivity contribution in [3.63, 3.8) is 0 Å². The van der Waals surface area contributed by atoms with Gasteiger partial charge in [-0.3, -0.25) is 0 Å². The monoisotopic (exact) mass is 216 g/mol. The Kier molecular flexibility index (Phi) is 7.86. The van der Waals surface area contributed by atoms with Crippen LogP contribution in [0.3, 0.4) is 0 Å². The average molecular weight is 216 g/mol. The number of ether oxygens (including phenoxy) is 1. The summed E-state index contributed by atoms with van der Waals surface area (Å²) in [5.41, 5.74) is 0. The summed E-state index contributed by atoms with van der Waals surface area (Å²) in [6, 6.07) is 0. The molecule has 0 aliphatic carbocycles. The van der Waals surface area contributed by atoms with Crippen molar-refractivity contribution in [3.8, 4) is 0 Å². The molecule has 1 unspecified atom stereocenters. The van der Waals surface area contributed by atoms with E-state index in [2.05, 4.69) is 11.3 Å². The topological polar surface area (TPSA) is 83.5 Å². The first-order valence-electron chi connectivity index (χ1n) is 3.12. The van der Waals surface area contributed by atoms with Crippen LogP contribution in [-0.4, -0.2) is 30.8 Å². The molecule has 0 bridgehead atoms. The minimum Gasteiger partial charge on any atom is -0.748 e. The van der Waals surface area contributed by atoms with Crippen molar-refractivity contribution >= 4 is 16.1 Å². The van der Waals surface area contributed by atoms with E-state index < -0.39 is 27.9 Å². The van der Waals surface area contributed by atoms with Gasteiger partial charge in [0.05, 0.1) is 15.9 Å². The van der Waals surface area contributed by atoms with Crippen LogP contribution in [0.5, 0.6) is 0 Å². The normalized spacial score (nSPS) is 12.5. The molecule has 0 saturated heterocycles. The van der Waals surface area contributed by atoms with E-state index in [0.717, 1.165) is 6.08 Å². The number of rotatable bonds is 4. The van der Waals surface area contributed by atoms with Crippen LogP contribution >= 0.6 is 0 Å². The van der Waals surface area contributed by atoms with Gasteiger partial charge in [0.15, 0.2) is 0 Å². The van der Waals surface area contributed by atoms with Gasteiger partial charge >= 0.3 is 35.5 Å². The van der Waals surface area contributed by atoms with Crippen molar-refractivity contribution in [1.29, 1.82) is 0 Å². The predicted octanol–water partition coefficient (Wildman–Crippen LogP) is -3.35. The molecule has 0 aromatic carbocycles. The van der Waals surface area contributed by atoms with Gasteiger partial charge in [-0.1, -0.05) is 6.58 Å². The van der Waals surface area contributed by atoms with Gasteiger partial charge in [-0.2, -0.15) is 0 Å². The fraction of sp³-hybridized carbons (Fsp3) is 0.500. The van der Waals surface area contributed by atoms with Crippen LogP contribution in [0, 0.1) is 0 Å². The van der Waals surface area contributed by atoms with E-state index >= 15 is 0 Å². The number of carbonyl (C=O) groups excluding carboxylic acids is 1. The second-order valence-electron chi connectivity index (χ2n) is 2.18. The Balaban J connectivity index is 0. The van der Waals surface area contributed by atoms with E-state index in [-0.39, 0.29) is 29.6 Å². The molecule has 0 aromatic heterocycles. The predicted molar refractivity (Wildman–Crippen MR) is 40.3 cm³/mol. The third-order valence-electron chi connectivity index (χ3n) is 0.923. The van der Waals surface area contributed by atoms with Crippen LogP contribution in [-0.2, 0) is 19.6 Å². The van der Waals surface area contributed by atoms with Crippen molar-refractivity contribution in [2.75, 3.05) is 5.75 Å². The Hall–Kier alpha value is 0.120. The fourth-order valence-electron chi connectivity index (χ4n) is 0.568. The molecule has 1 atom stereocenters. The smallest absolute Gasteiger partial charge is 0.748 e. The molecular weight excluding hydrogens is 207 g/mol. The van der Waals surface area contributed by atoms with E-state index in [0.29, 0.717) is 0 Å². The Morgan fingerprint density at radius 1 is 1.69 bits per heavy atom. The Labute approximate surface area is 99.2 Å². The Morgan fingerprint density at radius 3 is 2.46 bits per heavy atom. The third kappa shape index (κ3) is 10.0. The third-order valence-corrected chi connectivity index (χ3v) is 1.80. The van der Waals surface area contributed by atoms with Crippen LogP contribution < -0.4 is 29.6 Å². The van der Waals surface area contributed by atoms with Crippen molar-refractivity contribution < 1.29 is 52.1 Å². The van der Waals surface area contributed by atoms with Crippen LogP contribution in [0.25, 0.3) is 0 Å². The second kappa shape index (κ2) is 6.56. The summed E-state index contributed by atoms with van der Waals surface area (Å²) in [5, 5.41) is 0. The fourth-order valence-corrected chi connectivity index (χ4v) is 1.21. The van der Waals surface area contributed by atoms with Gasteiger partial charge in [0.2, 0.25) is 0 Å². The van der Waals surface area contributed by atoms with E-state index in [4.69, 9.17) is 0 Å². The molecule has 7 heteroatoms. The SMILES string of the molecule is C=CC(=O)OC(C)CS(=O)(=O)[O-].[Na+]. The molecule has 0 N–H and O–H groups in total. The van der Waals surface area contributed by atoms with Crippen LogP contribution in [0.2, 0.25) is 0 Å². The molecule has 0 radical (unpaired) electrons. The summed E-state index contributed by atoms with van der Waals surface area (Å²) in [4.78, 5) is 10.5. The number of carbonyl (C=O) groups is 1.